The average Bonchev–Trinajstić information content (AvgIpc) is 3.53. The van der Waals surface area contributed by atoms with Crippen molar-refractivity contribution >= 4 is 28.4 Å². The van der Waals surface area contributed by atoms with Gasteiger partial charge in [0.25, 0.3) is 0 Å². The molecule has 0 amide bonds. The molecule has 0 aliphatic carbocycles. The summed E-state index contributed by atoms with van der Waals surface area (Å²) in [5.74, 6) is 1.76. The Kier molecular flexibility index (Phi) is 6.43. The maximum Gasteiger partial charge on any atom is 0.196 e. The van der Waals surface area contributed by atoms with Crippen molar-refractivity contribution < 1.29 is 9.84 Å². The van der Waals surface area contributed by atoms with Gasteiger partial charge in [-0.05, 0) is 55.5 Å². The number of H-pyrrole nitrogens is 1. The summed E-state index contributed by atoms with van der Waals surface area (Å²) in [6.45, 7) is 2.03. The lowest BCUT2D eigenvalue weighted by atomic mass is 10.2. The van der Waals surface area contributed by atoms with Gasteiger partial charge < -0.3 is 14.8 Å². The Balaban J connectivity index is 1.50. The van der Waals surface area contributed by atoms with E-state index in [2.05, 4.69) is 26.2 Å². The van der Waals surface area contributed by atoms with Crippen LogP contribution in [0.3, 0.4) is 0 Å². The van der Waals surface area contributed by atoms with E-state index >= 15 is 0 Å². The zero-order valence-electron chi connectivity index (χ0n) is 19.6. The molecule has 0 radical (unpaired) electrons. The van der Waals surface area contributed by atoms with Crippen molar-refractivity contribution in [3.8, 4) is 28.9 Å². The number of hydrogen-bond donors (Lipinski definition) is 2. The molecule has 2 heterocycles. The number of aromatic amines is 1. The molecule has 0 unspecified atom stereocenters. The van der Waals surface area contributed by atoms with Crippen molar-refractivity contribution in [2.45, 2.75) is 12.1 Å². The van der Waals surface area contributed by atoms with Gasteiger partial charge in [0.1, 0.15) is 23.2 Å². The number of nitrogens with zero attached hydrogens (tertiary/aromatic N) is 5. The normalized spacial score (nSPS) is 11.8. The zero-order valence-corrected chi connectivity index (χ0v) is 20.5. The number of fused-ring (bicyclic) bond motifs is 1. The van der Waals surface area contributed by atoms with Crippen LogP contribution in [0.15, 0.2) is 83.7 Å². The minimum Gasteiger partial charge on any atom is -0.510 e. The summed E-state index contributed by atoms with van der Waals surface area (Å²) in [4.78, 5) is 7.54. The number of aliphatic hydroxyl groups excluding tert-OH is 1. The van der Waals surface area contributed by atoms with E-state index in [4.69, 9.17) is 4.74 Å². The second-order valence-corrected chi connectivity index (χ2v) is 8.97. The van der Waals surface area contributed by atoms with E-state index in [9.17, 15) is 10.4 Å². The van der Waals surface area contributed by atoms with Crippen LogP contribution in [0, 0.1) is 18.3 Å². The van der Waals surface area contributed by atoms with Crippen molar-refractivity contribution in [3.63, 3.8) is 0 Å². The smallest absolute Gasteiger partial charge is 0.196 e. The van der Waals surface area contributed by atoms with E-state index in [0.717, 1.165) is 33.6 Å². The summed E-state index contributed by atoms with van der Waals surface area (Å²) in [5, 5.41) is 30.0. The summed E-state index contributed by atoms with van der Waals surface area (Å²) < 4.78 is 7.22. The first kappa shape index (κ1) is 23.2. The van der Waals surface area contributed by atoms with Crippen molar-refractivity contribution in [2.75, 3.05) is 12.9 Å². The lowest BCUT2D eigenvalue weighted by Crippen LogP contribution is -2.01. The number of imidazole rings is 1. The molecule has 0 fully saturated rings. The number of allylic oxidation sites excluding steroid dienone is 1. The fourth-order valence-electron chi connectivity index (χ4n) is 3.75. The van der Waals surface area contributed by atoms with Crippen LogP contribution in [0.2, 0.25) is 0 Å². The van der Waals surface area contributed by atoms with Gasteiger partial charge in [0, 0.05) is 11.3 Å². The Morgan fingerprint density at radius 1 is 1.06 bits per heavy atom. The SMILES string of the molecule is COc1ccc(-c2nnc(SCC(O)=C(C#N)c3nc4ccccc4[nH]3)n2-c2ccc(C)cc2)cc1. The predicted octanol–water partition coefficient (Wildman–Crippen LogP) is 5.71. The molecule has 0 aliphatic rings. The van der Waals surface area contributed by atoms with Crippen LogP contribution >= 0.6 is 11.8 Å². The molecule has 3 aromatic carbocycles. The Labute approximate surface area is 211 Å². The highest BCUT2D eigenvalue weighted by Crippen LogP contribution is 2.31. The lowest BCUT2D eigenvalue weighted by Gasteiger charge is -2.11. The molecule has 9 heteroatoms. The number of aromatic nitrogens is 5. The highest BCUT2D eigenvalue weighted by molar-refractivity contribution is 7.99. The molecule has 36 heavy (non-hydrogen) atoms. The molecule has 8 nitrogen and oxygen atoms in total. The topological polar surface area (TPSA) is 113 Å². The van der Waals surface area contributed by atoms with Gasteiger partial charge in [0.2, 0.25) is 0 Å². The molecule has 0 atom stereocenters. The Morgan fingerprint density at radius 3 is 2.50 bits per heavy atom. The number of aliphatic hydroxyl groups is 1. The molecule has 0 aliphatic heterocycles. The van der Waals surface area contributed by atoms with Crippen LogP contribution in [-0.2, 0) is 0 Å². The summed E-state index contributed by atoms with van der Waals surface area (Å²) in [6, 6.07) is 25.2. The number of hydrogen-bond acceptors (Lipinski definition) is 7. The van der Waals surface area contributed by atoms with Gasteiger partial charge >= 0.3 is 0 Å². The number of ether oxygens (including phenoxy) is 1. The fourth-order valence-corrected chi connectivity index (χ4v) is 4.58. The van der Waals surface area contributed by atoms with Crippen LogP contribution in [0.25, 0.3) is 33.7 Å². The van der Waals surface area contributed by atoms with Gasteiger partial charge in [-0.3, -0.25) is 4.57 Å². The number of benzene rings is 3. The molecule has 5 rings (SSSR count). The van der Waals surface area contributed by atoms with E-state index in [0.29, 0.717) is 16.8 Å². The van der Waals surface area contributed by atoms with Crippen molar-refractivity contribution in [1.29, 1.82) is 5.26 Å². The maximum absolute atomic E-state index is 10.8. The van der Waals surface area contributed by atoms with Gasteiger partial charge in [-0.15, -0.1) is 10.2 Å². The van der Waals surface area contributed by atoms with Crippen LogP contribution in [-0.4, -0.2) is 42.7 Å². The number of para-hydroxylation sites is 2. The number of nitrogens with one attached hydrogen (secondary N) is 1. The summed E-state index contributed by atoms with van der Waals surface area (Å²) >= 11 is 1.29. The summed E-state index contributed by atoms with van der Waals surface area (Å²) in [5.41, 5.74) is 4.51. The number of nitriles is 1. The van der Waals surface area contributed by atoms with Crippen LogP contribution < -0.4 is 4.74 Å². The largest absolute Gasteiger partial charge is 0.510 e. The fraction of sp³-hybridized carbons (Fsp3) is 0.111. The van der Waals surface area contributed by atoms with E-state index in [1.807, 2.05) is 84.3 Å². The Hall–Kier alpha value is -4.55. The van der Waals surface area contributed by atoms with Crippen LogP contribution in [0.5, 0.6) is 5.75 Å². The second kappa shape index (κ2) is 9.98. The third-order valence-corrected chi connectivity index (χ3v) is 6.58. The molecule has 2 aromatic heterocycles. The monoisotopic (exact) mass is 494 g/mol. The lowest BCUT2D eigenvalue weighted by molar-refractivity contribution is 0.415. The van der Waals surface area contributed by atoms with Crippen LogP contribution in [0.4, 0.5) is 0 Å². The number of thioether (sulfide) groups is 1. The van der Waals surface area contributed by atoms with E-state index in [-0.39, 0.29) is 17.1 Å². The Bertz CT molecular complexity index is 1560. The van der Waals surface area contributed by atoms with E-state index in [1.165, 1.54) is 11.8 Å². The van der Waals surface area contributed by atoms with Crippen molar-refractivity contribution in [2.24, 2.45) is 0 Å². The number of aryl methyl sites for hydroxylation is 1. The third kappa shape index (κ3) is 4.54. The van der Waals surface area contributed by atoms with Gasteiger partial charge in [-0.2, -0.15) is 5.26 Å². The molecule has 2 N–H and O–H groups in total. The molecule has 5 aromatic rings. The zero-order chi connectivity index (χ0) is 25.1. The molecule has 0 saturated heterocycles. The molecule has 0 saturated carbocycles. The molecule has 0 spiro atoms. The van der Waals surface area contributed by atoms with Gasteiger partial charge in [0.15, 0.2) is 16.8 Å². The second-order valence-electron chi connectivity index (χ2n) is 8.03. The summed E-state index contributed by atoms with van der Waals surface area (Å²) in [6.07, 6.45) is 0. The molecular formula is C27H22N6O2S. The highest BCUT2D eigenvalue weighted by Gasteiger charge is 2.19. The standard InChI is InChI=1S/C27H22N6O2S/c1-17-7-11-19(12-8-17)33-26(18-9-13-20(35-2)14-10-18)31-32-27(33)36-16-24(34)21(15-28)25-29-22-5-3-4-6-23(22)30-25/h3-14,34H,16H2,1-2H3,(H,29,30). The van der Waals surface area contributed by atoms with Gasteiger partial charge in [-0.25, -0.2) is 4.98 Å². The minimum atomic E-state index is -0.0917. The Morgan fingerprint density at radius 2 is 1.81 bits per heavy atom. The first-order chi connectivity index (χ1) is 17.6. The predicted molar refractivity (Wildman–Crippen MR) is 140 cm³/mol. The molecular weight excluding hydrogens is 472 g/mol. The van der Waals surface area contributed by atoms with Crippen LogP contribution in [0.1, 0.15) is 11.4 Å². The van der Waals surface area contributed by atoms with Crippen molar-refractivity contribution in [3.05, 3.63) is 89.9 Å². The van der Waals surface area contributed by atoms with Crippen molar-refractivity contribution in [1.82, 2.24) is 24.7 Å². The molecule has 178 valence electrons. The first-order valence-corrected chi connectivity index (χ1v) is 12.1. The van der Waals surface area contributed by atoms with Gasteiger partial charge in [0.05, 0.1) is 23.9 Å². The van der Waals surface area contributed by atoms with E-state index < -0.39 is 0 Å². The third-order valence-electron chi connectivity index (χ3n) is 5.64. The maximum atomic E-state index is 10.8. The number of rotatable bonds is 7. The van der Waals surface area contributed by atoms with Gasteiger partial charge in [-0.1, -0.05) is 41.6 Å². The highest BCUT2D eigenvalue weighted by atomic mass is 32.2. The quantitative estimate of drug-likeness (QED) is 0.169. The number of methoxy groups -OCH3 is 1. The first-order valence-electron chi connectivity index (χ1n) is 11.1. The molecule has 0 bridgehead atoms. The van der Waals surface area contributed by atoms with E-state index in [1.54, 1.807) is 7.11 Å². The summed E-state index contributed by atoms with van der Waals surface area (Å²) in [7, 11) is 1.62. The average molecular weight is 495 g/mol. The minimum absolute atomic E-state index is 0.0917.